The summed E-state index contributed by atoms with van der Waals surface area (Å²) >= 11 is 1.42. The average molecular weight is 300 g/mol. The molecule has 0 amide bonds. The van der Waals surface area contributed by atoms with Crippen LogP contribution in [0.25, 0.3) is 0 Å². The van der Waals surface area contributed by atoms with Gasteiger partial charge in [-0.15, -0.1) is 11.3 Å². The molecule has 7 heteroatoms. The molecular formula is C12H13FN2O2S2. The highest BCUT2D eigenvalue weighted by molar-refractivity contribution is 7.89. The van der Waals surface area contributed by atoms with Crippen molar-refractivity contribution in [3.63, 3.8) is 0 Å². The number of nitrogen functional groups attached to an aromatic ring is 1. The molecule has 2 aromatic rings. The van der Waals surface area contributed by atoms with Crippen molar-refractivity contribution in [3.8, 4) is 0 Å². The summed E-state index contributed by atoms with van der Waals surface area (Å²) in [5.74, 6) is -0.856. The predicted molar refractivity (Wildman–Crippen MR) is 73.9 cm³/mol. The Morgan fingerprint density at radius 1 is 1.32 bits per heavy atom. The van der Waals surface area contributed by atoms with Crippen LogP contribution >= 0.6 is 11.3 Å². The molecule has 0 radical (unpaired) electrons. The van der Waals surface area contributed by atoms with E-state index in [1.807, 2.05) is 17.5 Å². The van der Waals surface area contributed by atoms with Crippen LogP contribution in [0.15, 0.2) is 40.6 Å². The Balaban J connectivity index is 2.33. The zero-order chi connectivity index (χ0) is 14.0. The van der Waals surface area contributed by atoms with Gasteiger partial charge in [0.1, 0.15) is 10.7 Å². The molecule has 0 bridgehead atoms. The first-order valence-corrected chi connectivity index (χ1v) is 7.88. The smallest absolute Gasteiger partial charge is 0.246 e. The second kappa shape index (κ2) is 5.28. The zero-order valence-corrected chi connectivity index (χ0v) is 11.8. The third-order valence-electron chi connectivity index (χ3n) is 2.57. The highest BCUT2D eigenvalue weighted by Crippen LogP contribution is 2.25. The number of rotatable bonds is 4. The van der Waals surface area contributed by atoms with E-state index in [0.717, 1.165) is 10.9 Å². The molecule has 0 fully saturated rings. The molecular weight excluding hydrogens is 287 g/mol. The van der Waals surface area contributed by atoms with E-state index in [1.54, 1.807) is 6.92 Å². The summed E-state index contributed by atoms with van der Waals surface area (Å²) in [5.41, 5.74) is 5.44. The van der Waals surface area contributed by atoms with Gasteiger partial charge in [-0.2, -0.15) is 0 Å². The summed E-state index contributed by atoms with van der Waals surface area (Å²) in [6.45, 7) is 1.69. The van der Waals surface area contributed by atoms with E-state index >= 15 is 0 Å². The second-order valence-electron chi connectivity index (χ2n) is 4.02. The number of benzene rings is 1. The number of hydrogen-bond acceptors (Lipinski definition) is 4. The summed E-state index contributed by atoms with van der Waals surface area (Å²) in [6.07, 6.45) is 0. The van der Waals surface area contributed by atoms with Gasteiger partial charge >= 0.3 is 0 Å². The summed E-state index contributed by atoms with van der Waals surface area (Å²) in [7, 11) is -3.99. The number of nitrogens with one attached hydrogen (secondary N) is 1. The SMILES string of the molecule is CC(NS(=O)(=O)c1c(N)cccc1F)c1cccs1. The Kier molecular flexibility index (Phi) is 3.88. The van der Waals surface area contributed by atoms with E-state index in [2.05, 4.69) is 4.72 Å². The van der Waals surface area contributed by atoms with Gasteiger partial charge in [0, 0.05) is 4.88 Å². The van der Waals surface area contributed by atoms with E-state index in [1.165, 1.54) is 23.5 Å². The molecule has 1 unspecified atom stereocenters. The molecule has 1 aromatic carbocycles. The molecule has 2 rings (SSSR count). The van der Waals surface area contributed by atoms with Gasteiger partial charge in [0.15, 0.2) is 0 Å². The number of thiophene rings is 1. The highest BCUT2D eigenvalue weighted by Gasteiger charge is 2.24. The van der Waals surface area contributed by atoms with Gasteiger partial charge in [0.25, 0.3) is 0 Å². The maximum Gasteiger partial charge on any atom is 0.246 e. The molecule has 3 N–H and O–H groups in total. The third-order valence-corrected chi connectivity index (χ3v) is 5.26. The average Bonchev–Trinajstić information content (AvgIpc) is 2.80. The van der Waals surface area contributed by atoms with Crippen LogP contribution in [0.4, 0.5) is 10.1 Å². The molecule has 102 valence electrons. The lowest BCUT2D eigenvalue weighted by Gasteiger charge is -2.14. The van der Waals surface area contributed by atoms with E-state index in [-0.39, 0.29) is 5.69 Å². The maximum atomic E-state index is 13.6. The lowest BCUT2D eigenvalue weighted by molar-refractivity contribution is 0.549. The maximum absolute atomic E-state index is 13.6. The molecule has 0 saturated carbocycles. The third kappa shape index (κ3) is 2.94. The largest absolute Gasteiger partial charge is 0.398 e. The molecule has 4 nitrogen and oxygen atoms in total. The van der Waals surface area contributed by atoms with Crippen molar-refractivity contribution < 1.29 is 12.8 Å². The number of nitrogens with two attached hydrogens (primary N) is 1. The quantitative estimate of drug-likeness (QED) is 0.852. The van der Waals surface area contributed by atoms with Crippen LogP contribution in [0, 0.1) is 5.82 Å². The van der Waals surface area contributed by atoms with E-state index in [4.69, 9.17) is 5.73 Å². The van der Waals surface area contributed by atoms with E-state index in [0.29, 0.717) is 0 Å². The number of halogens is 1. The predicted octanol–water partition coefficient (Wildman–Crippen LogP) is 2.51. The monoisotopic (exact) mass is 300 g/mol. The fourth-order valence-corrected chi connectivity index (χ4v) is 3.92. The Hall–Kier alpha value is -1.44. The topological polar surface area (TPSA) is 72.2 Å². The van der Waals surface area contributed by atoms with Crippen LogP contribution in [-0.4, -0.2) is 8.42 Å². The van der Waals surface area contributed by atoms with Crippen LogP contribution in [0.3, 0.4) is 0 Å². The van der Waals surface area contributed by atoms with Gasteiger partial charge in [0.2, 0.25) is 10.0 Å². The van der Waals surface area contributed by atoms with Crippen molar-refractivity contribution in [1.29, 1.82) is 0 Å². The van der Waals surface area contributed by atoms with Crippen molar-refractivity contribution in [2.75, 3.05) is 5.73 Å². The van der Waals surface area contributed by atoms with Crippen LogP contribution in [0.1, 0.15) is 17.8 Å². The normalized spacial score (nSPS) is 13.4. The Morgan fingerprint density at radius 3 is 2.63 bits per heavy atom. The van der Waals surface area contributed by atoms with Crippen molar-refractivity contribution >= 4 is 27.0 Å². The lowest BCUT2D eigenvalue weighted by Crippen LogP contribution is -2.28. The molecule has 19 heavy (non-hydrogen) atoms. The van der Waals surface area contributed by atoms with E-state index in [9.17, 15) is 12.8 Å². The first kappa shape index (κ1) is 14.0. The fourth-order valence-electron chi connectivity index (χ4n) is 1.70. The Morgan fingerprint density at radius 2 is 2.05 bits per heavy atom. The van der Waals surface area contributed by atoms with Crippen molar-refractivity contribution in [1.82, 2.24) is 4.72 Å². The summed E-state index contributed by atoms with van der Waals surface area (Å²) in [4.78, 5) is 0.344. The Labute approximate surface area is 115 Å². The Bertz CT molecular complexity index is 649. The lowest BCUT2D eigenvalue weighted by atomic mass is 10.3. The molecule has 0 aliphatic carbocycles. The summed E-state index contributed by atoms with van der Waals surface area (Å²) in [6, 6.07) is 6.98. The van der Waals surface area contributed by atoms with Gasteiger partial charge in [0.05, 0.1) is 11.7 Å². The minimum absolute atomic E-state index is 0.106. The zero-order valence-electron chi connectivity index (χ0n) is 10.1. The van der Waals surface area contributed by atoms with Gasteiger partial charge in [-0.05, 0) is 30.5 Å². The van der Waals surface area contributed by atoms with Crippen LogP contribution < -0.4 is 10.5 Å². The van der Waals surface area contributed by atoms with Crippen molar-refractivity contribution in [2.24, 2.45) is 0 Å². The van der Waals surface area contributed by atoms with Crippen LogP contribution in [0.5, 0.6) is 0 Å². The molecule has 0 aliphatic heterocycles. The molecule has 1 aromatic heterocycles. The summed E-state index contributed by atoms with van der Waals surface area (Å²) < 4.78 is 40.4. The van der Waals surface area contributed by atoms with Gasteiger partial charge in [-0.3, -0.25) is 0 Å². The molecule has 1 atom stereocenters. The fraction of sp³-hybridized carbons (Fsp3) is 0.167. The number of sulfonamides is 1. The standard InChI is InChI=1S/C12H13FN2O2S2/c1-8(11-6-3-7-18-11)15-19(16,17)12-9(13)4-2-5-10(12)14/h2-8,15H,14H2,1H3. The molecule has 0 saturated heterocycles. The van der Waals surface area contributed by atoms with Gasteiger partial charge in [-0.1, -0.05) is 12.1 Å². The first-order valence-electron chi connectivity index (χ1n) is 5.51. The van der Waals surface area contributed by atoms with Crippen molar-refractivity contribution in [3.05, 3.63) is 46.4 Å². The van der Waals surface area contributed by atoms with Crippen LogP contribution in [0.2, 0.25) is 0 Å². The minimum Gasteiger partial charge on any atom is -0.398 e. The van der Waals surface area contributed by atoms with Crippen LogP contribution in [-0.2, 0) is 10.0 Å². The van der Waals surface area contributed by atoms with Gasteiger partial charge < -0.3 is 5.73 Å². The molecule has 1 heterocycles. The first-order chi connectivity index (χ1) is 8.92. The highest BCUT2D eigenvalue weighted by atomic mass is 32.2. The minimum atomic E-state index is -3.99. The van der Waals surface area contributed by atoms with Gasteiger partial charge in [-0.25, -0.2) is 17.5 Å². The van der Waals surface area contributed by atoms with Crippen molar-refractivity contribution in [2.45, 2.75) is 17.9 Å². The van der Waals surface area contributed by atoms with E-state index < -0.39 is 26.8 Å². The number of anilines is 1. The molecule has 0 aliphatic rings. The second-order valence-corrected chi connectivity index (χ2v) is 6.65. The molecule has 0 spiro atoms. The summed E-state index contributed by atoms with van der Waals surface area (Å²) in [5, 5.41) is 1.84. The number of hydrogen-bond donors (Lipinski definition) is 2.